The van der Waals surface area contributed by atoms with Crippen LogP contribution in [0.25, 0.3) is 0 Å². The smallest absolute Gasteiger partial charge is 0.326 e. The molecular weight excluding hydrogens is 338 g/mol. The number of carbonyl (C=O) groups is 3. The highest BCUT2D eigenvalue weighted by molar-refractivity contribution is 8.11. The lowest BCUT2D eigenvalue weighted by Gasteiger charge is -2.16. The number of aliphatic carboxylic acids is 1. The van der Waals surface area contributed by atoms with Crippen molar-refractivity contribution in [1.82, 2.24) is 5.32 Å². The second kappa shape index (κ2) is 9.66. The third-order valence-corrected chi connectivity index (χ3v) is 3.73. The molecule has 0 aliphatic carbocycles. The van der Waals surface area contributed by atoms with Crippen LogP contribution in [0, 0.1) is 0 Å². The molecule has 0 spiro atoms. The number of methoxy groups -OCH3 is 3. The highest BCUT2D eigenvalue weighted by atomic mass is 32.2. The molecule has 1 amide bonds. The molecule has 0 bridgehead atoms. The molecule has 1 aromatic rings. The van der Waals surface area contributed by atoms with E-state index in [1.165, 1.54) is 33.5 Å². The van der Waals surface area contributed by atoms with Crippen molar-refractivity contribution < 1.29 is 33.7 Å². The van der Waals surface area contributed by atoms with Gasteiger partial charge >= 0.3 is 5.97 Å². The third-order valence-electron chi connectivity index (χ3n) is 3.12. The van der Waals surface area contributed by atoms with E-state index in [0.29, 0.717) is 11.4 Å². The summed E-state index contributed by atoms with van der Waals surface area (Å²) in [6.07, 6.45) is 0.120. The SMILES string of the molecule is COc1cc(C(=O)NC(CCSC=O)C(=O)O)cc(OC)c1OC. The molecule has 0 aliphatic rings. The number of ether oxygens (including phenoxy) is 3. The number of hydrogen-bond donors (Lipinski definition) is 2. The minimum atomic E-state index is -1.18. The van der Waals surface area contributed by atoms with Gasteiger partial charge in [-0.3, -0.25) is 9.59 Å². The van der Waals surface area contributed by atoms with E-state index in [1.807, 2.05) is 0 Å². The number of amides is 1. The first-order chi connectivity index (χ1) is 11.5. The van der Waals surface area contributed by atoms with Crippen LogP contribution in [0.1, 0.15) is 16.8 Å². The van der Waals surface area contributed by atoms with Gasteiger partial charge in [-0.1, -0.05) is 11.8 Å². The molecule has 24 heavy (non-hydrogen) atoms. The number of nitrogens with one attached hydrogen (secondary N) is 1. The van der Waals surface area contributed by atoms with Crippen LogP contribution in [0.3, 0.4) is 0 Å². The predicted octanol–water partition coefficient (Wildman–Crippen LogP) is 1.21. The molecule has 1 rings (SSSR count). The number of carboxylic acid groups (broad SMARTS) is 1. The van der Waals surface area contributed by atoms with E-state index in [2.05, 4.69) is 5.32 Å². The molecule has 0 heterocycles. The van der Waals surface area contributed by atoms with E-state index in [0.717, 1.165) is 11.8 Å². The topological polar surface area (TPSA) is 111 Å². The summed E-state index contributed by atoms with van der Waals surface area (Å²) < 4.78 is 15.5. The van der Waals surface area contributed by atoms with Crippen molar-refractivity contribution in [1.29, 1.82) is 0 Å². The van der Waals surface area contributed by atoms with E-state index < -0.39 is 17.9 Å². The van der Waals surface area contributed by atoms with Crippen LogP contribution >= 0.6 is 11.8 Å². The third kappa shape index (κ3) is 5.05. The van der Waals surface area contributed by atoms with Crippen molar-refractivity contribution in [2.24, 2.45) is 0 Å². The molecule has 9 heteroatoms. The average Bonchev–Trinajstić information content (AvgIpc) is 2.59. The maximum absolute atomic E-state index is 12.3. The summed E-state index contributed by atoms with van der Waals surface area (Å²) in [6, 6.07) is 1.75. The van der Waals surface area contributed by atoms with Gasteiger partial charge in [-0.2, -0.15) is 0 Å². The fourth-order valence-electron chi connectivity index (χ4n) is 1.95. The average molecular weight is 357 g/mol. The van der Waals surface area contributed by atoms with Crippen LogP contribution < -0.4 is 19.5 Å². The molecule has 1 atom stereocenters. The summed E-state index contributed by atoms with van der Waals surface area (Å²) in [7, 11) is 4.26. The number of rotatable bonds is 10. The van der Waals surface area contributed by atoms with Crippen molar-refractivity contribution in [3.63, 3.8) is 0 Å². The van der Waals surface area contributed by atoms with Crippen LogP contribution in [0.4, 0.5) is 0 Å². The van der Waals surface area contributed by atoms with E-state index >= 15 is 0 Å². The minimum Gasteiger partial charge on any atom is -0.493 e. The summed E-state index contributed by atoms with van der Waals surface area (Å²) in [5.74, 6) is -0.597. The number of benzene rings is 1. The quantitative estimate of drug-likeness (QED) is 0.475. The summed E-state index contributed by atoms with van der Waals surface area (Å²) in [6.45, 7) is 0. The Morgan fingerprint density at radius 1 is 1.21 bits per heavy atom. The van der Waals surface area contributed by atoms with E-state index in [1.54, 1.807) is 0 Å². The minimum absolute atomic E-state index is 0.120. The second-order valence-corrected chi connectivity index (χ2v) is 5.47. The Hall–Kier alpha value is -2.42. The fraction of sp³-hybridized carbons (Fsp3) is 0.400. The van der Waals surface area contributed by atoms with Gasteiger partial charge in [-0.15, -0.1) is 0 Å². The first kappa shape index (κ1) is 19.6. The molecule has 132 valence electrons. The highest BCUT2D eigenvalue weighted by Crippen LogP contribution is 2.38. The van der Waals surface area contributed by atoms with Crippen molar-refractivity contribution in [2.45, 2.75) is 12.5 Å². The van der Waals surface area contributed by atoms with Gasteiger partial charge in [0.05, 0.1) is 21.3 Å². The van der Waals surface area contributed by atoms with Gasteiger partial charge in [0.2, 0.25) is 5.75 Å². The molecular formula is C15H19NO7S. The van der Waals surface area contributed by atoms with Crippen LogP contribution in [0.2, 0.25) is 0 Å². The summed E-state index contributed by atoms with van der Waals surface area (Å²) >= 11 is 0.942. The normalized spacial score (nSPS) is 11.3. The highest BCUT2D eigenvalue weighted by Gasteiger charge is 2.22. The molecule has 0 fully saturated rings. The Morgan fingerprint density at radius 3 is 2.21 bits per heavy atom. The number of carboxylic acids is 1. The lowest BCUT2D eigenvalue weighted by molar-refractivity contribution is -0.139. The lowest BCUT2D eigenvalue weighted by Crippen LogP contribution is -2.41. The van der Waals surface area contributed by atoms with Gasteiger partial charge in [0.25, 0.3) is 5.91 Å². The van der Waals surface area contributed by atoms with Crippen LogP contribution in [-0.2, 0) is 9.59 Å². The summed E-state index contributed by atoms with van der Waals surface area (Å²) in [5.41, 5.74) is 0.790. The van der Waals surface area contributed by atoms with Crippen LogP contribution in [-0.4, -0.2) is 55.7 Å². The Morgan fingerprint density at radius 2 is 1.79 bits per heavy atom. The maximum Gasteiger partial charge on any atom is 0.326 e. The Bertz CT molecular complexity index is 580. The van der Waals surface area contributed by atoms with E-state index in [-0.39, 0.29) is 29.2 Å². The molecule has 0 radical (unpaired) electrons. The zero-order valence-corrected chi connectivity index (χ0v) is 14.3. The van der Waals surface area contributed by atoms with Gasteiger partial charge < -0.3 is 24.6 Å². The Kier molecular flexibility index (Phi) is 7.90. The van der Waals surface area contributed by atoms with Gasteiger partial charge in [0.1, 0.15) is 6.04 Å². The van der Waals surface area contributed by atoms with Gasteiger partial charge in [0, 0.05) is 11.3 Å². The second-order valence-electron chi connectivity index (χ2n) is 4.53. The molecule has 0 saturated carbocycles. The van der Waals surface area contributed by atoms with Gasteiger partial charge in [0.15, 0.2) is 17.1 Å². The number of carbonyl (C=O) groups excluding carboxylic acids is 2. The Balaban J connectivity index is 3.00. The molecule has 0 saturated heterocycles. The van der Waals surface area contributed by atoms with Gasteiger partial charge in [-0.25, -0.2) is 4.79 Å². The monoisotopic (exact) mass is 357 g/mol. The van der Waals surface area contributed by atoms with E-state index in [4.69, 9.17) is 14.2 Å². The predicted molar refractivity (Wildman–Crippen MR) is 88.8 cm³/mol. The van der Waals surface area contributed by atoms with Crippen molar-refractivity contribution in [3.8, 4) is 17.2 Å². The molecule has 1 unspecified atom stereocenters. The molecule has 0 aliphatic heterocycles. The zero-order chi connectivity index (χ0) is 18.1. The first-order valence-corrected chi connectivity index (χ1v) is 7.92. The van der Waals surface area contributed by atoms with Crippen molar-refractivity contribution in [2.75, 3.05) is 27.1 Å². The van der Waals surface area contributed by atoms with E-state index in [9.17, 15) is 19.5 Å². The summed E-state index contributed by atoms with van der Waals surface area (Å²) in [5, 5.41) is 11.6. The lowest BCUT2D eigenvalue weighted by atomic mass is 10.1. The van der Waals surface area contributed by atoms with Crippen molar-refractivity contribution in [3.05, 3.63) is 17.7 Å². The fourth-order valence-corrected chi connectivity index (χ4v) is 2.41. The van der Waals surface area contributed by atoms with Crippen molar-refractivity contribution >= 4 is 29.3 Å². The van der Waals surface area contributed by atoms with Gasteiger partial charge in [-0.05, 0) is 18.6 Å². The van der Waals surface area contributed by atoms with Crippen LogP contribution in [0.5, 0.6) is 17.2 Å². The van der Waals surface area contributed by atoms with Crippen LogP contribution in [0.15, 0.2) is 12.1 Å². The first-order valence-electron chi connectivity index (χ1n) is 6.87. The number of hydrogen-bond acceptors (Lipinski definition) is 7. The largest absolute Gasteiger partial charge is 0.493 e. The summed E-state index contributed by atoms with van der Waals surface area (Å²) in [4.78, 5) is 33.8. The number of thioether (sulfide) groups is 1. The molecule has 0 aromatic heterocycles. The molecule has 2 N–H and O–H groups in total. The Labute approximate surface area is 143 Å². The zero-order valence-electron chi connectivity index (χ0n) is 13.5. The maximum atomic E-state index is 12.3. The standard InChI is InChI=1S/C15H19NO7S/c1-21-11-6-9(7-12(22-2)13(11)23-3)14(18)16-10(15(19)20)4-5-24-8-17/h6-8,10H,4-5H2,1-3H3,(H,16,18)(H,19,20). The molecule has 8 nitrogen and oxygen atoms in total. The molecule has 1 aromatic carbocycles.